The third-order valence-corrected chi connectivity index (χ3v) is 3.62. The van der Waals surface area contributed by atoms with Gasteiger partial charge in [0.25, 0.3) is 5.91 Å². The van der Waals surface area contributed by atoms with Crippen LogP contribution in [0.2, 0.25) is 0 Å². The number of ether oxygens (including phenoxy) is 2. The van der Waals surface area contributed by atoms with Gasteiger partial charge < -0.3 is 14.8 Å². The fourth-order valence-electron chi connectivity index (χ4n) is 2.47. The Morgan fingerprint density at radius 1 is 1.08 bits per heavy atom. The summed E-state index contributed by atoms with van der Waals surface area (Å²) in [5, 5.41) is 2.80. The number of rotatable bonds is 8. The van der Waals surface area contributed by atoms with Crippen molar-refractivity contribution < 1.29 is 18.7 Å². The van der Waals surface area contributed by atoms with Crippen LogP contribution >= 0.6 is 0 Å². The summed E-state index contributed by atoms with van der Waals surface area (Å²) < 4.78 is 24.2. The van der Waals surface area contributed by atoms with Gasteiger partial charge in [0.2, 0.25) is 0 Å². The zero-order valence-corrected chi connectivity index (χ0v) is 14.8. The van der Waals surface area contributed by atoms with E-state index in [9.17, 15) is 9.18 Å². The Hall–Kier alpha value is -2.56. The molecular weight excluding hydrogens is 321 g/mol. The van der Waals surface area contributed by atoms with Crippen molar-refractivity contribution in [2.24, 2.45) is 0 Å². The van der Waals surface area contributed by atoms with Crippen LogP contribution in [0.3, 0.4) is 0 Å². The molecule has 5 heteroatoms. The molecule has 0 aliphatic heterocycles. The van der Waals surface area contributed by atoms with Gasteiger partial charge in [-0.05, 0) is 67.8 Å². The Kier molecular flexibility index (Phi) is 6.81. The van der Waals surface area contributed by atoms with Gasteiger partial charge in [-0.3, -0.25) is 4.79 Å². The molecule has 0 saturated heterocycles. The van der Waals surface area contributed by atoms with E-state index in [0.717, 1.165) is 16.9 Å². The van der Waals surface area contributed by atoms with Gasteiger partial charge in [-0.15, -0.1) is 0 Å². The minimum Gasteiger partial charge on any atom is -0.492 e. The van der Waals surface area contributed by atoms with E-state index >= 15 is 0 Å². The van der Waals surface area contributed by atoms with Crippen molar-refractivity contribution in [2.45, 2.75) is 33.3 Å². The van der Waals surface area contributed by atoms with Crippen molar-refractivity contribution >= 4 is 5.91 Å². The highest BCUT2D eigenvalue weighted by atomic mass is 19.1. The van der Waals surface area contributed by atoms with E-state index < -0.39 is 6.10 Å². The van der Waals surface area contributed by atoms with Crippen molar-refractivity contribution in [3.05, 3.63) is 59.4 Å². The maximum absolute atomic E-state index is 12.9. The lowest BCUT2D eigenvalue weighted by atomic mass is 10.1. The molecule has 0 heterocycles. The predicted molar refractivity (Wildman–Crippen MR) is 95.5 cm³/mol. The van der Waals surface area contributed by atoms with Crippen LogP contribution < -0.4 is 14.8 Å². The number of carbonyl (C=O) groups excluding carboxylic acids is 1. The fraction of sp³-hybridized carbons (Fsp3) is 0.350. The molecule has 0 spiro atoms. The average molecular weight is 345 g/mol. The summed E-state index contributed by atoms with van der Waals surface area (Å²) in [5.41, 5.74) is 2.27. The lowest BCUT2D eigenvalue weighted by Crippen LogP contribution is -2.39. The van der Waals surface area contributed by atoms with Crippen LogP contribution in [0.1, 0.15) is 24.5 Å². The monoisotopic (exact) mass is 345 g/mol. The summed E-state index contributed by atoms with van der Waals surface area (Å²) in [5.74, 6) is 0.709. The zero-order chi connectivity index (χ0) is 18.2. The number of carbonyl (C=O) groups is 1. The molecule has 1 atom stereocenters. The third kappa shape index (κ3) is 6.10. The molecule has 0 fully saturated rings. The quantitative estimate of drug-likeness (QED) is 0.741. The lowest BCUT2D eigenvalue weighted by molar-refractivity contribution is -0.128. The summed E-state index contributed by atoms with van der Waals surface area (Å²) in [6.07, 6.45) is -0.104. The van der Waals surface area contributed by atoms with Gasteiger partial charge >= 0.3 is 0 Å². The minimum atomic E-state index is -0.619. The third-order valence-electron chi connectivity index (χ3n) is 3.62. The lowest BCUT2D eigenvalue weighted by Gasteiger charge is -2.17. The van der Waals surface area contributed by atoms with E-state index in [1.54, 1.807) is 0 Å². The molecule has 0 saturated carbocycles. The van der Waals surface area contributed by atoms with Crippen molar-refractivity contribution in [1.29, 1.82) is 0 Å². The Balaban J connectivity index is 1.78. The molecule has 134 valence electrons. The molecule has 1 N–H and O–H groups in total. The molecule has 2 aromatic rings. The first kappa shape index (κ1) is 18.8. The summed E-state index contributed by atoms with van der Waals surface area (Å²) in [7, 11) is 0. The van der Waals surface area contributed by atoms with Gasteiger partial charge in [0, 0.05) is 0 Å². The van der Waals surface area contributed by atoms with E-state index in [0.29, 0.717) is 25.3 Å². The summed E-state index contributed by atoms with van der Waals surface area (Å²) in [4.78, 5) is 12.2. The predicted octanol–water partition coefficient (Wildman–Crippen LogP) is 3.80. The van der Waals surface area contributed by atoms with Gasteiger partial charge in [0.15, 0.2) is 6.10 Å². The first-order valence-electron chi connectivity index (χ1n) is 8.39. The van der Waals surface area contributed by atoms with Crippen LogP contribution in [-0.2, 0) is 4.79 Å². The van der Waals surface area contributed by atoms with Gasteiger partial charge in [-0.1, -0.05) is 13.0 Å². The van der Waals surface area contributed by atoms with E-state index in [1.165, 1.54) is 24.3 Å². The van der Waals surface area contributed by atoms with Gasteiger partial charge in [0.05, 0.1) is 6.54 Å². The van der Waals surface area contributed by atoms with Crippen LogP contribution in [-0.4, -0.2) is 25.2 Å². The van der Waals surface area contributed by atoms with Crippen molar-refractivity contribution in [3.63, 3.8) is 0 Å². The second-order valence-corrected chi connectivity index (χ2v) is 5.93. The smallest absolute Gasteiger partial charge is 0.261 e. The highest BCUT2D eigenvalue weighted by Gasteiger charge is 2.17. The molecule has 4 nitrogen and oxygen atoms in total. The molecule has 1 unspecified atom stereocenters. The van der Waals surface area contributed by atoms with Crippen LogP contribution in [0, 0.1) is 19.7 Å². The van der Waals surface area contributed by atoms with Crippen molar-refractivity contribution in [3.8, 4) is 11.5 Å². The maximum Gasteiger partial charge on any atom is 0.261 e. The Labute approximate surface area is 148 Å². The zero-order valence-electron chi connectivity index (χ0n) is 14.8. The largest absolute Gasteiger partial charge is 0.492 e. The SMILES string of the molecule is CCC(Oc1ccc(F)cc1)C(=O)NCCOc1cc(C)cc(C)c1. The van der Waals surface area contributed by atoms with Crippen LogP contribution in [0.25, 0.3) is 0 Å². The second-order valence-electron chi connectivity index (χ2n) is 5.93. The van der Waals surface area contributed by atoms with Crippen molar-refractivity contribution in [2.75, 3.05) is 13.2 Å². The number of hydrogen-bond acceptors (Lipinski definition) is 3. The Bertz CT molecular complexity index is 680. The standard InChI is InChI=1S/C20H24FNO3/c1-4-19(25-17-7-5-16(21)6-8-17)20(23)22-9-10-24-18-12-14(2)11-15(3)13-18/h5-8,11-13,19H,4,9-10H2,1-3H3,(H,22,23). The first-order chi connectivity index (χ1) is 12.0. The molecule has 0 aliphatic carbocycles. The molecule has 2 rings (SSSR count). The van der Waals surface area contributed by atoms with Gasteiger partial charge in [-0.2, -0.15) is 0 Å². The second kappa shape index (κ2) is 9.06. The highest BCUT2D eigenvalue weighted by Crippen LogP contribution is 2.16. The van der Waals surface area contributed by atoms with Gasteiger partial charge in [0.1, 0.15) is 23.9 Å². The van der Waals surface area contributed by atoms with Gasteiger partial charge in [-0.25, -0.2) is 4.39 Å². The number of halogens is 1. The molecule has 1 amide bonds. The Morgan fingerprint density at radius 2 is 1.72 bits per heavy atom. The van der Waals surface area contributed by atoms with Crippen LogP contribution in [0.5, 0.6) is 11.5 Å². The Morgan fingerprint density at radius 3 is 2.32 bits per heavy atom. The molecule has 25 heavy (non-hydrogen) atoms. The topological polar surface area (TPSA) is 47.6 Å². The summed E-state index contributed by atoms with van der Waals surface area (Å²) >= 11 is 0. The summed E-state index contributed by atoms with van der Waals surface area (Å²) in [6, 6.07) is 11.6. The molecule has 0 aromatic heterocycles. The molecule has 2 aromatic carbocycles. The van der Waals surface area contributed by atoms with Crippen LogP contribution in [0.4, 0.5) is 4.39 Å². The van der Waals surface area contributed by atoms with E-state index in [2.05, 4.69) is 11.4 Å². The summed E-state index contributed by atoms with van der Waals surface area (Å²) in [6.45, 7) is 6.65. The number of amides is 1. The first-order valence-corrected chi connectivity index (χ1v) is 8.39. The number of aryl methyl sites for hydroxylation is 2. The molecular formula is C20H24FNO3. The van der Waals surface area contributed by atoms with E-state index in [4.69, 9.17) is 9.47 Å². The van der Waals surface area contributed by atoms with E-state index in [1.807, 2.05) is 32.9 Å². The maximum atomic E-state index is 12.9. The molecule has 0 aliphatic rings. The number of nitrogens with one attached hydrogen (secondary N) is 1. The fourth-order valence-corrected chi connectivity index (χ4v) is 2.47. The molecule has 0 radical (unpaired) electrons. The number of hydrogen-bond donors (Lipinski definition) is 1. The van der Waals surface area contributed by atoms with Crippen molar-refractivity contribution in [1.82, 2.24) is 5.32 Å². The number of benzene rings is 2. The molecule has 0 bridgehead atoms. The average Bonchev–Trinajstić information content (AvgIpc) is 2.57. The van der Waals surface area contributed by atoms with Crippen LogP contribution in [0.15, 0.2) is 42.5 Å². The minimum absolute atomic E-state index is 0.212. The van der Waals surface area contributed by atoms with E-state index in [-0.39, 0.29) is 11.7 Å². The normalized spacial score (nSPS) is 11.7. The highest BCUT2D eigenvalue weighted by molar-refractivity contribution is 5.81.